The van der Waals surface area contributed by atoms with Crippen LogP contribution in [0.15, 0.2) is 42.5 Å². The summed E-state index contributed by atoms with van der Waals surface area (Å²) >= 11 is 6.27. The fourth-order valence-electron chi connectivity index (χ4n) is 2.20. The van der Waals surface area contributed by atoms with Gasteiger partial charge in [0.25, 0.3) is 0 Å². The third kappa shape index (κ3) is 3.67. The molecule has 21 heavy (non-hydrogen) atoms. The van der Waals surface area contributed by atoms with Crippen molar-refractivity contribution in [3.8, 4) is 0 Å². The molecule has 0 saturated carbocycles. The number of rotatable bonds is 5. The number of nitrogen functional groups attached to an aromatic ring is 1. The molecule has 0 aromatic heterocycles. The predicted octanol–water partition coefficient (Wildman–Crippen LogP) is 3.05. The summed E-state index contributed by atoms with van der Waals surface area (Å²) in [5, 5.41) is 0.511. The van der Waals surface area contributed by atoms with Crippen molar-refractivity contribution >= 4 is 28.9 Å². The first-order valence-electron chi connectivity index (χ1n) is 6.70. The summed E-state index contributed by atoms with van der Waals surface area (Å²) in [5.74, 6) is -0.484. The van der Waals surface area contributed by atoms with Gasteiger partial charge in [-0.1, -0.05) is 23.7 Å². The molecule has 0 fully saturated rings. The van der Waals surface area contributed by atoms with Gasteiger partial charge in [-0.2, -0.15) is 0 Å². The highest BCUT2D eigenvalue weighted by Gasteiger charge is 2.12. The van der Waals surface area contributed by atoms with Crippen molar-refractivity contribution in [1.29, 1.82) is 0 Å². The zero-order valence-corrected chi connectivity index (χ0v) is 12.6. The summed E-state index contributed by atoms with van der Waals surface area (Å²) in [6.45, 7) is 3.52. The Morgan fingerprint density at radius 2 is 2.00 bits per heavy atom. The zero-order valence-electron chi connectivity index (χ0n) is 11.8. The van der Waals surface area contributed by atoms with Crippen LogP contribution >= 0.6 is 11.6 Å². The molecule has 2 aromatic rings. The Hall–Kier alpha value is -2.20. The molecule has 0 spiro atoms. The fraction of sp³-hybridized carbons (Fsp3) is 0.188. The van der Waals surface area contributed by atoms with Crippen LogP contribution in [0, 0.1) is 0 Å². The van der Waals surface area contributed by atoms with Crippen molar-refractivity contribution in [2.45, 2.75) is 13.5 Å². The summed E-state index contributed by atoms with van der Waals surface area (Å²) in [6, 6.07) is 12.8. The highest BCUT2D eigenvalue weighted by Crippen LogP contribution is 2.28. The second kappa shape index (κ2) is 6.50. The predicted molar refractivity (Wildman–Crippen MR) is 87.5 cm³/mol. The van der Waals surface area contributed by atoms with E-state index in [0.29, 0.717) is 17.1 Å². The number of carbonyl (C=O) groups excluding carboxylic acids is 1. The lowest BCUT2D eigenvalue weighted by molar-refractivity contribution is 0.100. The zero-order chi connectivity index (χ0) is 15.4. The number of carbonyl (C=O) groups is 1. The summed E-state index contributed by atoms with van der Waals surface area (Å²) in [4.78, 5) is 13.3. The molecule has 0 heterocycles. The molecule has 4 nitrogen and oxygen atoms in total. The normalized spacial score (nSPS) is 10.4. The molecule has 0 aliphatic heterocycles. The van der Waals surface area contributed by atoms with Crippen LogP contribution in [0.2, 0.25) is 5.02 Å². The van der Waals surface area contributed by atoms with Gasteiger partial charge in [0, 0.05) is 24.3 Å². The van der Waals surface area contributed by atoms with Crippen LogP contribution < -0.4 is 16.4 Å². The summed E-state index contributed by atoms with van der Waals surface area (Å²) in [5.41, 5.74) is 14.2. The fourth-order valence-corrected chi connectivity index (χ4v) is 2.50. The van der Waals surface area contributed by atoms with E-state index in [-0.39, 0.29) is 0 Å². The third-order valence-electron chi connectivity index (χ3n) is 3.28. The Balaban J connectivity index is 2.27. The van der Waals surface area contributed by atoms with Gasteiger partial charge in [0.15, 0.2) is 0 Å². The number of nitrogens with zero attached hydrogens (tertiary/aromatic N) is 1. The Bertz CT molecular complexity index is 658. The lowest BCUT2D eigenvalue weighted by atomic mass is 10.1. The average Bonchev–Trinajstić information content (AvgIpc) is 2.45. The number of hydrogen-bond donors (Lipinski definition) is 2. The molecule has 0 aliphatic carbocycles. The van der Waals surface area contributed by atoms with Gasteiger partial charge in [0.1, 0.15) is 0 Å². The van der Waals surface area contributed by atoms with E-state index in [0.717, 1.165) is 23.5 Å². The molecule has 0 saturated heterocycles. The van der Waals surface area contributed by atoms with Crippen molar-refractivity contribution in [2.24, 2.45) is 5.73 Å². The Morgan fingerprint density at radius 1 is 1.24 bits per heavy atom. The van der Waals surface area contributed by atoms with Gasteiger partial charge in [0.05, 0.1) is 10.7 Å². The van der Waals surface area contributed by atoms with Crippen LogP contribution in [0.1, 0.15) is 22.8 Å². The number of amides is 1. The molecular weight excluding hydrogens is 286 g/mol. The van der Waals surface area contributed by atoms with E-state index in [2.05, 4.69) is 4.90 Å². The SMILES string of the molecule is CCN(Cc1cccc(N)c1)c1ccc(C(N)=O)cc1Cl. The molecule has 0 aliphatic rings. The van der Waals surface area contributed by atoms with Gasteiger partial charge in [-0.15, -0.1) is 0 Å². The smallest absolute Gasteiger partial charge is 0.248 e. The number of anilines is 2. The maximum Gasteiger partial charge on any atom is 0.248 e. The number of benzene rings is 2. The standard InChI is InChI=1S/C16H18ClN3O/c1-2-20(10-11-4-3-5-13(18)8-11)15-7-6-12(16(19)21)9-14(15)17/h3-9H,2,10,18H2,1H3,(H2,19,21). The molecule has 2 rings (SSSR count). The highest BCUT2D eigenvalue weighted by atomic mass is 35.5. The summed E-state index contributed by atoms with van der Waals surface area (Å²) in [6.07, 6.45) is 0. The largest absolute Gasteiger partial charge is 0.399 e. The lowest BCUT2D eigenvalue weighted by Crippen LogP contribution is -2.22. The molecule has 0 bridgehead atoms. The number of nitrogens with two attached hydrogens (primary N) is 2. The molecule has 4 N–H and O–H groups in total. The van der Waals surface area contributed by atoms with Crippen molar-refractivity contribution in [3.63, 3.8) is 0 Å². The van der Waals surface area contributed by atoms with Crippen molar-refractivity contribution in [2.75, 3.05) is 17.2 Å². The van der Waals surface area contributed by atoms with Gasteiger partial charge >= 0.3 is 0 Å². The monoisotopic (exact) mass is 303 g/mol. The topological polar surface area (TPSA) is 72.3 Å². The first kappa shape index (κ1) is 15.2. The van der Waals surface area contributed by atoms with E-state index in [1.54, 1.807) is 12.1 Å². The van der Waals surface area contributed by atoms with Crippen LogP contribution in [0.5, 0.6) is 0 Å². The number of halogens is 1. The van der Waals surface area contributed by atoms with Gasteiger partial charge < -0.3 is 16.4 Å². The molecule has 0 atom stereocenters. The van der Waals surface area contributed by atoms with E-state index >= 15 is 0 Å². The Morgan fingerprint density at radius 3 is 2.57 bits per heavy atom. The molecule has 0 unspecified atom stereocenters. The molecule has 5 heteroatoms. The van der Waals surface area contributed by atoms with E-state index in [1.807, 2.05) is 37.3 Å². The van der Waals surface area contributed by atoms with Gasteiger partial charge in [-0.3, -0.25) is 4.79 Å². The van der Waals surface area contributed by atoms with Crippen LogP contribution in [0.4, 0.5) is 11.4 Å². The Labute approximate surface area is 129 Å². The summed E-state index contributed by atoms with van der Waals surface area (Å²) < 4.78 is 0. The first-order chi connectivity index (χ1) is 10.0. The average molecular weight is 304 g/mol. The van der Waals surface area contributed by atoms with Gasteiger partial charge in [-0.25, -0.2) is 0 Å². The van der Waals surface area contributed by atoms with Crippen LogP contribution in [-0.2, 0) is 6.54 Å². The van der Waals surface area contributed by atoms with E-state index in [1.165, 1.54) is 0 Å². The van der Waals surface area contributed by atoms with E-state index in [4.69, 9.17) is 23.1 Å². The minimum absolute atomic E-state index is 0.406. The minimum atomic E-state index is -0.484. The van der Waals surface area contributed by atoms with Crippen molar-refractivity contribution in [1.82, 2.24) is 0 Å². The maximum atomic E-state index is 11.2. The van der Waals surface area contributed by atoms with Crippen molar-refractivity contribution in [3.05, 3.63) is 58.6 Å². The first-order valence-corrected chi connectivity index (χ1v) is 7.07. The minimum Gasteiger partial charge on any atom is -0.399 e. The molecule has 0 radical (unpaired) electrons. The van der Waals surface area contributed by atoms with Gasteiger partial charge in [0.2, 0.25) is 5.91 Å². The van der Waals surface area contributed by atoms with Crippen molar-refractivity contribution < 1.29 is 4.79 Å². The highest BCUT2D eigenvalue weighted by molar-refractivity contribution is 6.33. The molecule has 110 valence electrons. The van der Waals surface area contributed by atoms with E-state index < -0.39 is 5.91 Å². The Kier molecular flexibility index (Phi) is 4.70. The third-order valence-corrected chi connectivity index (χ3v) is 3.58. The summed E-state index contributed by atoms with van der Waals surface area (Å²) in [7, 11) is 0. The van der Waals surface area contributed by atoms with Gasteiger partial charge in [-0.05, 0) is 42.8 Å². The number of hydrogen-bond acceptors (Lipinski definition) is 3. The number of primary amides is 1. The van der Waals surface area contributed by atoms with Crippen LogP contribution in [0.25, 0.3) is 0 Å². The molecule has 2 aromatic carbocycles. The molecule has 1 amide bonds. The van der Waals surface area contributed by atoms with Crippen LogP contribution in [0.3, 0.4) is 0 Å². The van der Waals surface area contributed by atoms with Crippen LogP contribution in [-0.4, -0.2) is 12.5 Å². The quantitative estimate of drug-likeness (QED) is 0.834. The maximum absolute atomic E-state index is 11.2. The second-order valence-corrected chi connectivity index (χ2v) is 5.20. The molecular formula is C16H18ClN3O. The van der Waals surface area contributed by atoms with E-state index in [9.17, 15) is 4.79 Å². The second-order valence-electron chi connectivity index (χ2n) is 4.79. The lowest BCUT2D eigenvalue weighted by Gasteiger charge is -2.24.